The second-order valence-electron chi connectivity index (χ2n) is 7.21. The highest BCUT2D eigenvalue weighted by atomic mass is 35.5. The number of benzene rings is 2. The highest BCUT2D eigenvalue weighted by molar-refractivity contribution is 6.30. The predicted molar refractivity (Wildman–Crippen MR) is 118 cm³/mol. The Morgan fingerprint density at radius 3 is 2.60 bits per heavy atom. The van der Waals surface area contributed by atoms with Crippen molar-refractivity contribution < 1.29 is 4.39 Å². The number of aromatic nitrogens is 4. The topological polar surface area (TPSA) is 55.6 Å². The zero-order valence-electron chi connectivity index (χ0n) is 16.9. The molecular formula is C23H21ClFN5. The minimum absolute atomic E-state index is 0.00530. The third kappa shape index (κ3) is 4.33. The smallest absolute Gasteiger partial charge is 0.142 e. The van der Waals surface area contributed by atoms with Crippen LogP contribution >= 0.6 is 11.6 Å². The van der Waals surface area contributed by atoms with Crippen LogP contribution in [0.4, 0.5) is 10.2 Å². The van der Waals surface area contributed by atoms with Crippen molar-refractivity contribution in [2.45, 2.75) is 19.9 Å². The Bertz CT molecular complexity index is 1200. The molecule has 0 saturated carbocycles. The third-order valence-corrected chi connectivity index (χ3v) is 5.15. The zero-order chi connectivity index (χ0) is 21.3. The van der Waals surface area contributed by atoms with Gasteiger partial charge in [-0.1, -0.05) is 35.9 Å². The van der Waals surface area contributed by atoms with Crippen molar-refractivity contribution in [3.63, 3.8) is 0 Å². The number of hydrogen-bond donors (Lipinski definition) is 1. The number of nitrogens with zero attached hydrogens (tertiary/aromatic N) is 4. The van der Waals surface area contributed by atoms with Crippen LogP contribution in [0.5, 0.6) is 0 Å². The Hall–Kier alpha value is -3.25. The molecule has 4 aromatic rings. The second-order valence-corrected chi connectivity index (χ2v) is 7.62. The minimum Gasteiger partial charge on any atom is -0.363 e. The Labute approximate surface area is 179 Å². The maximum absolute atomic E-state index is 13.9. The Balaban J connectivity index is 1.60. The zero-order valence-corrected chi connectivity index (χ0v) is 17.7. The number of aryl methyl sites for hydroxylation is 2. The summed E-state index contributed by atoms with van der Waals surface area (Å²) in [4.78, 5) is 8.93. The number of anilines is 1. The Morgan fingerprint density at radius 2 is 1.87 bits per heavy atom. The van der Waals surface area contributed by atoms with Crippen LogP contribution in [0, 0.1) is 12.7 Å². The first-order chi connectivity index (χ1) is 14.4. The second kappa shape index (κ2) is 8.24. The first-order valence-electron chi connectivity index (χ1n) is 9.55. The molecule has 0 bridgehead atoms. The summed E-state index contributed by atoms with van der Waals surface area (Å²) in [6.07, 6.45) is 3.84. The maximum Gasteiger partial charge on any atom is 0.142 e. The van der Waals surface area contributed by atoms with Gasteiger partial charge in [0.15, 0.2) is 0 Å². The molecule has 30 heavy (non-hydrogen) atoms. The van der Waals surface area contributed by atoms with E-state index in [9.17, 15) is 4.39 Å². The van der Waals surface area contributed by atoms with E-state index in [4.69, 9.17) is 11.6 Å². The normalized spacial score (nSPS) is 12.0. The molecule has 0 amide bonds. The van der Waals surface area contributed by atoms with Crippen LogP contribution < -0.4 is 5.32 Å². The molecule has 1 N–H and O–H groups in total. The molecule has 1 atom stereocenters. The molecule has 2 heterocycles. The molecule has 7 heteroatoms. The lowest BCUT2D eigenvalue weighted by molar-refractivity contribution is 0.628. The van der Waals surface area contributed by atoms with Gasteiger partial charge in [0.25, 0.3) is 0 Å². The van der Waals surface area contributed by atoms with Crippen molar-refractivity contribution >= 4 is 17.4 Å². The van der Waals surface area contributed by atoms with Crippen LogP contribution in [0.15, 0.2) is 60.9 Å². The molecule has 0 saturated heterocycles. The van der Waals surface area contributed by atoms with Gasteiger partial charge in [0.2, 0.25) is 0 Å². The SMILES string of the molecule is Cc1nc(NC(C)c2cccc(-c3cnn(C)c3)c2)cc(-c2ccc(Cl)c(F)c2)n1. The quantitative estimate of drug-likeness (QED) is 0.441. The van der Waals surface area contributed by atoms with E-state index in [0.29, 0.717) is 22.9 Å². The van der Waals surface area contributed by atoms with E-state index >= 15 is 0 Å². The average Bonchev–Trinajstić information content (AvgIpc) is 3.16. The summed E-state index contributed by atoms with van der Waals surface area (Å²) in [6, 6.07) is 14.8. The van der Waals surface area contributed by atoms with Gasteiger partial charge < -0.3 is 5.32 Å². The van der Waals surface area contributed by atoms with Crippen molar-refractivity contribution in [1.29, 1.82) is 0 Å². The molecule has 2 aromatic heterocycles. The first kappa shape index (κ1) is 20.0. The van der Waals surface area contributed by atoms with Crippen LogP contribution in [0.1, 0.15) is 24.4 Å². The van der Waals surface area contributed by atoms with Crippen LogP contribution in [-0.4, -0.2) is 19.7 Å². The van der Waals surface area contributed by atoms with E-state index in [0.717, 1.165) is 16.7 Å². The van der Waals surface area contributed by atoms with Gasteiger partial charge in [0.05, 0.1) is 16.9 Å². The molecule has 152 valence electrons. The van der Waals surface area contributed by atoms with Crippen molar-refractivity contribution in [2.75, 3.05) is 5.32 Å². The fraction of sp³-hybridized carbons (Fsp3) is 0.174. The molecule has 1 unspecified atom stereocenters. The van der Waals surface area contributed by atoms with E-state index in [1.807, 2.05) is 38.5 Å². The monoisotopic (exact) mass is 421 g/mol. The molecule has 0 radical (unpaired) electrons. The largest absolute Gasteiger partial charge is 0.363 e. The number of rotatable bonds is 5. The summed E-state index contributed by atoms with van der Waals surface area (Å²) in [7, 11) is 1.90. The highest BCUT2D eigenvalue weighted by Gasteiger charge is 2.12. The average molecular weight is 422 g/mol. The van der Waals surface area contributed by atoms with Crippen molar-refractivity contribution in [3.8, 4) is 22.4 Å². The lowest BCUT2D eigenvalue weighted by atomic mass is 10.0. The fourth-order valence-corrected chi connectivity index (χ4v) is 3.43. The molecule has 4 rings (SSSR count). The Kier molecular flexibility index (Phi) is 5.50. The number of hydrogen-bond acceptors (Lipinski definition) is 4. The van der Waals surface area contributed by atoms with Gasteiger partial charge in [-0.05, 0) is 43.2 Å². The molecule has 0 fully saturated rings. The van der Waals surface area contributed by atoms with Gasteiger partial charge >= 0.3 is 0 Å². The summed E-state index contributed by atoms with van der Waals surface area (Å²) < 4.78 is 15.7. The van der Waals surface area contributed by atoms with Crippen LogP contribution in [0.2, 0.25) is 5.02 Å². The first-order valence-corrected chi connectivity index (χ1v) is 9.93. The van der Waals surface area contributed by atoms with Crippen molar-refractivity contribution in [2.24, 2.45) is 7.05 Å². The van der Waals surface area contributed by atoms with Crippen LogP contribution in [0.25, 0.3) is 22.4 Å². The molecule has 5 nitrogen and oxygen atoms in total. The fourth-order valence-electron chi connectivity index (χ4n) is 3.31. The van der Waals surface area contributed by atoms with Gasteiger partial charge in [-0.25, -0.2) is 14.4 Å². The van der Waals surface area contributed by atoms with Crippen molar-refractivity contribution in [3.05, 3.63) is 83.2 Å². The van der Waals surface area contributed by atoms with Gasteiger partial charge in [0.1, 0.15) is 17.5 Å². The molecule has 2 aromatic carbocycles. The lowest BCUT2D eigenvalue weighted by Crippen LogP contribution is -2.09. The molecular weight excluding hydrogens is 401 g/mol. The molecule has 0 spiro atoms. The van der Waals surface area contributed by atoms with Crippen molar-refractivity contribution in [1.82, 2.24) is 19.7 Å². The van der Waals surface area contributed by atoms with Crippen LogP contribution in [0.3, 0.4) is 0 Å². The van der Waals surface area contributed by atoms with E-state index < -0.39 is 5.82 Å². The summed E-state index contributed by atoms with van der Waals surface area (Å²) in [6.45, 7) is 3.88. The molecule has 0 aliphatic rings. The highest BCUT2D eigenvalue weighted by Crippen LogP contribution is 2.27. The van der Waals surface area contributed by atoms with Gasteiger partial charge in [0, 0.05) is 36.5 Å². The number of halogens is 2. The van der Waals surface area contributed by atoms with Gasteiger partial charge in [-0.2, -0.15) is 5.10 Å². The van der Waals surface area contributed by atoms with Crippen LogP contribution in [-0.2, 0) is 7.05 Å². The minimum atomic E-state index is -0.472. The summed E-state index contributed by atoms with van der Waals surface area (Å²) in [5.74, 6) is 0.800. The maximum atomic E-state index is 13.9. The van der Waals surface area contributed by atoms with E-state index in [-0.39, 0.29) is 11.1 Å². The Morgan fingerprint density at radius 1 is 1.03 bits per heavy atom. The van der Waals surface area contributed by atoms with E-state index in [2.05, 4.69) is 45.5 Å². The summed E-state index contributed by atoms with van der Waals surface area (Å²) >= 11 is 5.80. The van der Waals surface area contributed by atoms with Gasteiger partial charge in [-0.3, -0.25) is 4.68 Å². The standard InChI is InChI=1S/C23H21ClFN5/c1-14(16-5-4-6-17(9-16)19-12-26-30(3)13-19)27-23-11-22(28-15(2)29-23)18-7-8-20(24)21(25)10-18/h4-14H,1-3H3,(H,27,28,29). The third-order valence-electron chi connectivity index (χ3n) is 4.84. The van der Waals surface area contributed by atoms with Gasteiger partial charge in [-0.15, -0.1) is 0 Å². The predicted octanol–water partition coefficient (Wildman–Crippen LogP) is 5.82. The van der Waals surface area contributed by atoms with E-state index in [1.165, 1.54) is 12.1 Å². The molecule has 0 aliphatic heterocycles. The number of nitrogens with one attached hydrogen (secondary N) is 1. The summed E-state index contributed by atoms with van der Waals surface area (Å²) in [5.41, 5.74) is 4.57. The van der Waals surface area contributed by atoms with E-state index in [1.54, 1.807) is 10.7 Å². The molecule has 0 aliphatic carbocycles. The summed E-state index contributed by atoms with van der Waals surface area (Å²) in [5, 5.41) is 7.76. The lowest BCUT2D eigenvalue weighted by Gasteiger charge is -2.17.